The molecule has 2 aromatic carbocycles. The first kappa shape index (κ1) is 20.8. The molecule has 0 radical (unpaired) electrons. The number of fused-ring (bicyclic) bond motifs is 2. The Balaban J connectivity index is 0.00000218. The number of aromatic amines is 1. The number of thiophene rings is 1. The maximum absolute atomic E-state index is 13.3. The van der Waals surface area contributed by atoms with Crippen molar-refractivity contribution < 1.29 is 0 Å². The second-order valence-corrected chi connectivity index (χ2v) is 8.71. The Morgan fingerprint density at radius 3 is 2.67 bits per heavy atom. The fraction of sp³-hybridized carbons (Fsp3) is 0. The summed E-state index contributed by atoms with van der Waals surface area (Å²) in [5.41, 5.74) is 0.819. The molecule has 9 heteroatoms. The van der Waals surface area contributed by atoms with E-state index in [2.05, 4.69) is 25.9 Å². The third-order valence-corrected chi connectivity index (χ3v) is 6.79. The summed E-state index contributed by atoms with van der Waals surface area (Å²) >= 11 is 11.2. The molecule has 3 heterocycles. The number of aromatic nitrogens is 3. The standard InChI is InChI=1S/C21H11BrClN3O2S.ClH/c22-13-6-3-7-14(23)18(13)17-8-15-19(29-17)20(27)26(21(28)25-15)16-10-24-9-11-4-1-2-5-12(11)16;/h1-10H,(H,25,28);1H. The Bertz CT molecular complexity index is 1520. The van der Waals surface area contributed by atoms with Crippen molar-refractivity contribution in [3.05, 3.63) is 91.3 Å². The monoisotopic (exact) mass is 519 g/mol. The minimum absolute atomic E-state index is 0. The highest BCUT2D eigenvalue weighted by Gasteiger charge is 2.17. The second-order valence-electron chi connectivity index (χ2n) is 6.40. The minimum atomic E-state index is -0.511. The van der Waals surface area contributed by atoms with Crippen LogP contribution in [0.15, 0.2) is 75.0 Å². The fourth-order valence-corrected chi connectivity index (χ4v) is 5.64. The van der Waals surface area contributed by atoms with Gasteiger partial charge in [0.1, 0.15) is 4.70 Å². The predicted octanol–water partition coefficient (Wildman–Crippen LogP) is 5.79. The van der Waals surface area contributed by atoms with Gasteiger partial charge in [-0.05, 0) is 18.2 Å². The van der Waals surface area contributed by atoms with E-state index >= 15 is 0 Å². The van der Waals surface area contributed by atoms with E-state index in [9.17, 15) is 9.59 Å². The molecule has 0 saturated carbocycles. The number of H-pyrrole nitrogens is 1. The molecule has 0 atom stereocenters. The zero-order valence-electron chi connectivity index (χ0n) is 15.1. The van der Waals surface area contributed by atoms with Gasteiger partial charge >= 0.3 is 5.69 Å². The third kappa shape index (κ3) is 3.28. The molecular weight excluding hydrogens is 509 g/mol. The molecule has 5 nitrogen and oxygen atoms in total. The summed E-state index contributed by atoms with van der Waals surface area (Å²) in [6, 6.07) is 14.8. The first-order chi connectivity index (χ1) is 14.0. The summed E-state index contributed by atoms with van der Waals surface area (Å²) in [5, 5.41) is 2.19. The molecule has 30 heavy (non-hydrogen) atoms. The largest absolute Gasteiger partial charge is 0.333 e. The van der Waals surface area contributed by atoms with Crippen molar-refractivity contribution >= 4 is 72.3 Å². The number of nitrogens with one attached hydrogen (secondary N) is 1. The Hall–Kier alpha value is -2.45. The Kier molecular flexibility index (Phi) is 5.55. The van der Waals surface area contributed by atoms with Crippen LogP contribution in [0.1, 0.15) is 0 Å². The van der Waals surface area contributed by atoms with E-state index in [0.29, 0.717) is 20.9 Å². The number of hydrogen-bond donors (Lipinski definition) is 1. The van der Waals surface area contributed by atoms with Crippen LogP contribution >= 0.6 is 51.3 Å². The van der Waals surface area contributed by atoms with Gasteiger partial charge in [0.25, 0.3) is 5.56 Å². The molecule has 0 aliphatic carbocycles. The van der Waals surface area contributed by atoms with Gasteiger partial charge in [0.15, 0.2) is 0 Å². The van der Waals surface area contributed by atoms with Gasteiger partial charge in [-0.15, -0.1) is 23.7 Å². The molecule has 5 rings (SSSR count). The summed E-state index contributed by atoms with van der Waals surface area (Å²) in [5.74, 6) is 0. The van der Waals surface area contributed by atoms with E-state index in [0.717, 1.165) is 30.3 Å². The first-order valence-corrected chi connectivity index (χ1v) is 10.6. The molecule has 150 valence electrons. The summed E-state index contributed by atoms with van der Waals surface area (Å²) in [4.78, 5) is 33.9. The van der Waals surface area contributed by atoms with E-state index in [1.807, 2.05) is 36.4 Å². The van der Waals surface area contributed by atoms with Crippen molar-refractivity contribution in [3.8, 4) is 16.1 Å². The number of halogens is 3. The summed E-state index contributed by atoms with van der Waals surface area (Å²) in [6.45, 7) is 0. The minimum Gasteiger partial charge on any atom is -0.306 e. The molecular formula is C21H12BrCl2N3O2S. The van der Waals surface area contributed by atoms with Crippen molar-refractivity contribution in [1.82, 2.24) is 14.5 Å². The number of pyridine rings is 1. The number of nitrogens with zero attached hydrogens (tertiary/aromatic N) is 2. The number of benzene rings is 2. The van der Waals surface area contributed by atoms with Gasteiger partial charge in [-0.25, -0.2) is 9.36 Å². The van der Waals surface area contributed by atoms with Crippen LogP contribution in [0.3, 0.4) is 0 Å². The van der Waals surface area contributed by atoms with E-state index in [-0.39, 0.29) is 18.0 Å². The number of hydrogen-bond acceptors (Lipinski definition) is 4. The van der Waals surface area contributed by atoms with Crippen LogP contribution in [0.5, 0.6) is 0 Å². The molecule has 0 saturated heterocycles. The van der Waals surface area contributed by atoms with Crippen LogP contribution in [0.25, 0.3) is 37.1 Å². The van der Waals surface area contributed by atoms with E-state index in [1.165, 1.54) is 17.5 Å². The normalized spacial score (nSPS) is 11.0. The molecule has 5 aromatic rings. The van der Waals surface area contributed by atoms with Crippen LogP contribution in [-0.2, 0) is 0 Å². The molecule has 0 aliphatic heterocycles. The van der Waals surface area contributed by atoms with Gasteiger partial charge in [0, 0.05) is 31.9 Å². The van der Waals surface area contributed by atoms with Crippen molar-refractivity contribution in [2.45, 2.75) is 0 Å². The summed E-state index contributed by atoms with van der Waals surface area (Å²) < 4.78 is 2.40. The molecule has 0 amide bonds. The molecule has 0 fully saturated rings. The maximum atomic E-state index is 13.3. The highest BCUT2D eigenvalue weighted by atomic mass is 79.9. The lowest BCUT2D eigenvalue weighted by molar-refractivity contribution is 0.905. The van der Waals surface area contributed by atoms with E-state index in [1.54, 1.807) is 18.3 Å². The molecule has 0 bridgehead atoms. The zero-order valence-corrected chi connectivity index (χ0v) is 19.0. The SMILES string of the molecule is Cl.O=c1[nH]c2cc(-c3c(Cl)cccc3Br)sc2c(=O)n1-c1cncc2ccccc12. The molecule has 1 N–H and O–H groups in total. The van der Waals surface area contributed by atoms with Gasteiger partial charge in [-0.2, -0.15) is 0 Å². The first-order valence-electron chi connectivity index (χ1n) is 8.61. The van der Waals surface area contributed by atoms with Crippen LogP contribution in [0.4, 0.5) is 0 Å². The summed E-state index contributed by atoms with van der Waals surface area (Å²) in [6.07, 6.45) is 3.23. The average molecular weight is 521 g/mol. The summed E-state index contributed by atoms with van der Waals surface area (Å²) in [7, 11) is 0. The Morgan fingerprint density at radius 1 is 1.07 bits per heavy atom. The predicted molar refractivity (Wildman–Crippen MR) is 129 cm³/mol. The van der Waals surface area contributed by atoms with E-state index in [4.69, 9.17) is 11.6 Å². The third-order valence-electron chi connectivity index (χ3n) is 4.67. The van der Waals surface area contributed by atoms with Crippen molar-refractivity contribution in [3.63, 3.8) is 0 Å². The van der Waals surface area contributed by atoms with Crippen LogP contribution in [0.2, 0.25) is 5.02 Å². The topological polar surface area (TPSA) is 67.8 Å². The highest BCUT2D eigenvalue weighted by molar-refractivity contribution is 9.10. The zero-order chi connectivity index (χ0) is 20.1. The van der Waals surface area contributed by atoms with Crippen LogP contribution in [-0.4, -0.2) is 14.5 Å². The Labute approximate surface area is 193 Å². The highest BCUT2D eigenvalue weighted by Crippen LogP contribution is 2.39. The van der Waals surface area contributed by atoms with Crippen molar-refractivity contribution in [1.29, 1.82) is 0 Å². The second kappa shape index (κ2) is 8.00. The van der Waals surface area contributed by atoms with Crippen molar-refractivity contribution in [2.75, 3.05) is 0 Å². The van der Waals surface area contributed by atoms with E-state index < -0.39 is 5.69 Å². The van der Waals surface area contributed by atoms with Crippen molar-refractivity contribution in [2.24, 2.45) is 0 Å². The quantitative estimate of drug-likeness (QED) is 0.320. The van der Waals surface area contributed by atoms with Gasteiger partial charge in [0.05, 0.1) is 22.4 Å². The Morgan fingerprint density at radius 2 is 1.87 bits per heavy atom. The fourth-order valence-electron chi connectivity index (χ4n) is 3.36. The van der Waals surface area contributed by atoms with Crippen LogP contribution < -0.4 is 11.2 Å². The molecule has 0 spiro atoms. The molecule has 0 aliphatic rings. The smallest absolute Gasteiger partial charge is 0.306 e. The van der Waals surface area contributed by atoms with Gasteiger partial charge in [-0.3, -0.25) is 9.78 Å². The molecule has 3 aromatic heterocycles. The lowest BCUT2D eigenvalue weighted by Gasteiger charge is -2.07. The lowest BCUT2D eigenvalue weighted by atomic mass is 10.1. The maximum Gasteiger partial charge on any atom is 0.333 e. The number of rotatable bonds is 2. The lowest BCUT2D eigenvalue weighted by Crippen LogP contribution is -2.33. The van der Waals surface area contributed by atoms with Gasteiger partial charge < -0.3 is 4.98 Å². The van der Waals surface area contributed by atoms with Crippen LogP contribution in [0, 0.1) is 0 Å². The average Bonchev–Trinajstić information content (AvgIpc) is 3.12. The van der Waals surface area contributed by atoms with Gasteiger partial charge in [-0.1, -0.05) is 57.9 Å². The van der Waals surface area contributed by atoms with Gasteiger partial charge in [0.2, 0.25) is 0 Å². The molecule has 0 unspecified atom stereocenters.